The van der Waals surface area contributed by atoms with Gasteiger partial charge < -0.3 is 25.6 Å². The number of rotatable bonds is 3. The summed E-state index contributed by atoms with van der Waals surface area (Å²) in [4.78, 5) is 41.5. The van der Waals surface area contributed by atoms with E-state index in [0.717, 1.165) is 51.7 Å². The van der Waals surface area contributed by atoms with Gasteiger partial charge in [0.15, 0.2) is 0 Å². The second-order valence-corrected chi connectivity index (χ2v) is 11.9. The minimum absolute atomic E-state index is 0.115. The lowest BCUT2D eigenvalue weighted by Gasteiger charge is -2.30. The maximum atomic E-state index is 13.5. The Morgan fingerprint density at radius 2 is 1.77 bits per heavy atom. The summed E-state index contributed by atoms with van der Waals surface area (Å²) in [5, 5.41) is 9.33. The molecule has 0 radical (unpaired) electrons. The maximum Gasteiger partial charge on any atom is 0.243 e. The Hall–Kier alpha value is -2.66. The van der Waals surface area contributed by atoms with E-state index < -0.39 is 12.1 Å². The Morgan fingerprint density at radius 3 is 2.49 bits per heavy atom. The SMILES string of the molecule is Cc1ccc(C[C@H]2NC(=O)[C@@H](C)N(C)C(=O)[C@H](C3CC3)NCCOc3cc(I)ccc3CCCNC2=O)cc1. The lowest BCUT2D eigenvalue weighted by atomic mass is 10.0. The monoisotopic (exact) mass is 646 g/mol. The van der Waals surface area contributed by atoms with E-state index in [9.17, 15) is 14.4 Å². The highest BCUT2D eigenvalue weighted by atomic mass is 127. The third-order valence-electron chi connectivity index (χ3n) is 7.54. The summed E-state index contributed by atoms with van der Waals surface area (Å²) in [6.45, 7) is 5.15. The average Bonchev–Trinajstić information content (AvgIpc) is 3.76. The third-order valence-corrected chi connectivity index (χ3v) is 8.21. The van der Waals surface area contributed by atoms with E-state index in [1.807, 2.05) is 37.3 Å². The van der Waals surface area contributed by atoms with Crippen LogP contribution in [0.5, 0.6) is 5.75 Å². The number of aryl methyl sites for hydroxylation is 2. The summed E-state index contributed by atoms with van der Waals surface area (Å²) in [6, 6.07) is 12.3. The summed E-state index contributed by atoms with van der Waals surface area (Å²) in [7, 11) is 1.66. The first kappa shape index (κ1) is 29.3. The van der Waals surface area contributed by atoms with Gasteiger partial charge in [-0.2, -0.15) is 0 Å². The minimum Gasteiger partial charge on any atom is -0.492 e. The van der Waals surface area contributed by atoms with Crippen LogP contribution in [0.15, 0.2) is 42.5 Å². The second kappa shape index (κ2) is 13.6. The lowest BCUT2D eigenvalue weighted by molar-refractivity contribution is -0.141. The molecule has 1 heterocycles. The molecule has 0 saturated heterocycles. The van der Waals surface area contributed by atoms with Crippen molar-refractivity contribution in [1.29, 1.82) is 0 Å². The molecule has 1 fully saturated rings. The van der Waals surface area contributed by atoms with Crippen LogP contribution in [-0.4, -0.2) is 67.5 Å². The molecule has 4 rings (SSSR count). The molecule has 0 bridgehead atoms. The number of amides is 3. The van der Waals surface area contributed by atoms with Crippen molar-refractivity contribution in [3.05, 3.63) is 62.7 Å². The highest BCUT2D eigenvalue weighted by Gasteiger charge is 2.39. The molecule has 2 aromatic rings. The van der Waals surface area contributed by atoms with E-state index in [1.54, 1.807) is 14.0 Å². The molecular weight excluding hydrogens is 607 g/mol. The number of nitrogens with one attached hydrogen (secondary N) is 3. The Kier molecular flexibility index (Phi) is 10.2. The van der Waals surface area contributed by atoms with Crippen LogP contribution in [0.4, 0.5) is 0 Å². The van der Waals surface area contributed by atoms with Crippen molar-refractivity contribution in [2.24, 2.45) is 5.92 Å². The predicted molar refractivity (Wildman–Crippen MR) is 160 cm³/mol. The predicted octanol–water partition coefficient (Wildman–Crippen LogP) is 2.98. The van der Waals surface area contributed by atoms with Crippen LogP contribution in [0, 0.1) is 16.4 Å². The fourth-order valence-electron chi connectivity index (χ4n) is 4.79. The first-order valence-corrected chi connectivity index (χ1v) is 14.9. The molecule has 0 aromatic heterocycles. The number of hydrogen-bond acceptors (Lipinski definition) is 5. The molecule has 3 atom stereocenters. The number of ether oxygens (including phenoxy) is 1. The van der Waals surface area contributed by atoms with Crippen molar-refractivity contribution >= 4 is 40.3 Å². The Morgan fingerprint density at radius 1 is 1.03 bits per heavy atom. The molecule has 9 heteroatoms. The highest BCUT2D eigenvalue weighted by Crippen LogP contribution is 2.33. The largest absolute Gasteiger partial charge is 0.492 e. The van der Waals surface area contributed by atoms with Crippen molar-refractivity contribution < 1.29 is 19.1 Å². The van der Waals surface area contributed by atoms with Crippen molar-refractivity contribution in [3.63, 3.8) is 0 Å². The van der Waals surface area contributed by atoms with Gasteiger partial charge in [-0.05, 0) is 91.3 Å². The van der Waals surface area contributed by atoms with Crippen molar-refractivity contribution in [2.75, 3.05) is 26.7 Å². The van der Waals surface area contributed by atoms with E-state index in [0.29, 0.717) is 26.1 Å². The van der Waals surface area contributed by atoms with E-state index in [-0.39, 0.29) is 29.7 Å². The zero-order valence-electron chi connectivity index (χ0n) is 23.0. The van der Waals surface area contributed by atoms with Gasteiger partial charge in [0.25, 0.3) is 0 Å². The minimum atomic E-state index is -0.750. The molecule has 2 aliphatic rings. The average molecular weight is 647 g/mol. The van der Waals surface area contributed by atoms with Gasteiger partial charge in [0.1, 0.15) is 24.4 Å². The quantitative estimate of drug-likeness (QED) is 0.446. The van der Waals surface area contributed by atoms with Crippen LogP contribution in [0.25, 0.3) is 0 Å². The number of fused-ring (bicyclic) bond motifs is 1. The van der Waals surface area contributed by atoms with Gasteiger partial charge in [-0.25, -0.2) is 0 Å². The second-order valence-electron chi connectivity index (χ2n) is 10.6. The van der Waals surface area contributed by atoms with E-state index in [2.05, 4.69) is 50.7 Å². The standard InChI is InChI=1S/C30H39IN4O4/c1-19-6-8-21(9-7-19)17-25-29(37)33-14-4-5-22-12-13-24(31)18-26(22)39-16-15-32-27(23-10-11-23)30(38)35(3)20(2)28(36)34-25/h6-9,12-13,18,20,23,25,27,32H,4-5,10-11,14-17H2,1-3H3,(H,33,37)(H,34,36)/t20-,25-,27+/m1/s1. The normalized spacial score (nSPS) is 24.1. The molecule has 210 valence electrons. The first-order chi connectivity index (χ1) is 18.7. The first-order valence-electron chi connectivity index (χ1n) is 13.8. The molecule has 1 saturated carbocycles. The summed E-state index contributed by atoms with van der Waals surface area (Å²) < 4.78 is 7.22. The van der Waals surface area contributed by atoms with Gasteiger partial charge in [0.05, 0.1) is 6.04 Å². The van der Waals surface area contributed by atoms with Gasteiger partial charge in [-0.3, -0.25) is 14.4 Å². The Bertz CT molecular complexity index is 1170. The fraction of sp³-hybridized carbons (Fsp3) is 0.500. The van der Waals surface area contributed by atoms with Crippen molar-refractivity contribution in [1.82, 2.24) is 20.9 Å². The summed E-state index contributed by atoms with van der Waals surface area (Å²) in [6.07, 6.45) is 3.82. The number of nitrogens with zero attached hydrogens (tertiary/aromatic N) is 1. The van der Waals surface area contributed by atoms with Gasteiger partial charge in [0, 0.05) is 30.1 Å². The number of likely N-dealkylation sites (N-methyl/N-ethyl adjacent to an activating group) is 1. The van der Waals surface area contributed by atoms with E-state index in [4.69, 9.17) is 4.74 Å². The van der Waals surface area contributed by atoms with E-state index in [1.165, 1.54) is 4.90 Å². The van der Waals surface area contributed by atoms with Crippen molar-refractivity contribution in [3.8, 4) is 5.75 Å². The van der Waals surface area contributed by atoms with Crippen LogP contribution in [0.3, 0.4) is 0 Å². The zero-order valence-corrected chi connectivity index (χ0v) is 25.1. The van der Waals surface area contributed by atoms with Crippen LogP contribution in [0.1, 0.15) is 42.9 Å². The molecule has 1 aliphatic carbocycles. The topological polar surface area (TPSA) is 99.8 Å². The van der Waals surface area contributed by atoms with Crippen LogP contribution in [-0.2, 0) is 27.2 Å². The van der Waals surface area contributed by atoms with Crippen LogP contribution >= 0.6 is 22.6 Å². The summed E-state index contributed by atoms with van der Waals surface area (Å²) in [5.41, 5.74) is 3.17. The molecule has 1 aliphatic heterocycles. The van der Waals surface area contributed by atoms with Gasteiger partial charge >= 0.3 is 0 Å². The zero-order chi connectivity index (χ0) is 27.9. The van der Waals surface area contributed by atoms with Gasteiger partial charge in [0.2, 0.25) is 17.7 Å². The number of halogens is 1. The highest BCUT2D eigenvalue weighted by molar-refractivity contribution is 14.1. The molecule has 3 amide bonds. The molecule has 2 aromatic carbocycles. The third kappa shape index (κ3) is 8.17. The summed E-state index contributed by atoms with van der Waals surface area (Å²) >= 11 is 2.27. The van der Waals surface area contributed by atoms with Crippen LogP contribution < -0.4 is 20.7 Å². The molecule has 3 N–H and O–H groups in total. The molecule has 0 spiro atoms. The molecule has 0 unspecified atom stereocenters. The van der Waals surface area contributed by atoms with Crippen molar-refractivity contribution in [2.45, 2.75) is 64.1 Å². The van der Waals surface area contributed by atoms with Gasteiger partial charge in [-0.1, -0.05) is 35.9 Å². The molecule has 39 heavy (non-hydrogen) atoms. The smallest absolute Gasteiger partial charge is 0.243 e. The fourth-order valence-corrected chi connectivity index (χ4v) is 5.25. The van der Waals surface area contributed by atoms with Crippen LogP contribution in [0.2, 0.25) is 0 Å². The maximum absolute atomic E-state index is 13.5. The Balaban J connectivity index is 1.55. The summed E-state index contributed by atoms with van der Waals surface area (Å²) in [5.74, 6) is 0.397. The lowest BCUT2D eigenvalue weighted by Crippen LogP contribution is -2.56. The number of carbonyl (C=O) groups is 3. The molecular formula is C30H39IN4O4. The Labute approximate surface area is 244 Å². The molecule has 8 nitrogen and oxygen atoms in total. The number of hydrogen-bond donors (Lipinski definition) is 3. The van der Waals surface area contributed by atoms with E-state index >= 15 is 0 Å². The number of benzene rings is 2. The number of carbonyl (C=O) groups excluding carboxylic acids is 3. The van der Waals surface area contributed by atoms with Gasteiger partial charge in [-0.15, -0.1) is 0 Å².